The Bertz CT molecular complexity index is 2230. The Balaban J connectivity index is 1.41. The zero-order valence-electron chi connectivity index (χ0n) is 36.4. The molecule has 0 radical (unpaired) electrons. The van der Waals surface area contributed by atoms with Gasteiger partial charge >= 0.3 is 6.09 Å². The highest BCUT2D eigenvalue weighted by molar-refractivity contribution is 6.76. The van der Waals surface area contributed by atoms with Crippen LogP contribution in [0.2, 0.25) is 51.4 Å². The molecule has 0 spiro atoms. The summed E-state index contributed by atoms with van der Waals surface area (Å²) in [6.07, 6.45) is 0.324. The van der Waals surface area contributed by atoms with Crippen LogP contribution in [-0.4, -0.2) is 65.3 Å². The summed E-state index contributed by atoms with van der Waals surface area (Å²) in [5.41, 5.74) is 7.32. The number of carbonyl (C=O) groups excluding carboxylic acids is 1. The third kappa shape index (κ3) is 10.6. The number of imidazole rings is 1. The minimum absolute atomic E-state index is 0.238. The van der Waals surface area contributed by atoms with Crippen molar-refractivity contribution in [3.8, 4) is 28.4 Å². The van der Waals surface area contributed by atoms with Gasteiger partial charge in [0.05, 0.1) is 30.0 Å². The van der Waals surface area contributed by atoms with Gasteiger partial charge < -0.3 is 23.5 Å². The molecular weight excluding hydrogens is 766 g/mol. The molecule has 0 saturated carbocycles. The number of fused-ring (bicyclic) bond motifs is 2. The summed E-state index contributed by atoms with van der Waals surface area (Å²) in [6.45, 7) is 26.6. The summed E-state index contributed by atoms with van der Waals surface area (Å²) < 4.78 is 44.2. The first-order valence-corrected chi connectivity index (χ1v) is 27.9. The molecule has 1 aliphatic heterocycles. The number of nitrogens with zero attached hydrogens (tertiary/aromatic N) is 5. The number of ether oxygens (including phenoxy) is 4. The van der Waals surface area contributed by atoms with Crippen molar-refractivity contribution < 1.29 is 28.1 Å². The standard InChI is InChI=1S/C45H62FN5O5Si2/c1-12-33-24-40(55-28-32-16-14-13-15-17-32)36(46)25-35(33)34-22-31(2)41-38(23-34)51(30-54-19-21-58(9,10)11)48-42(41)43-47-37-26-49(44(52)56-45(3,4)5)27-39(37)50(43)29-53-18-20-57(6,7)8/h13-17,22-25H,12,18-21,26-30H2,1-11H3. The average molecular weight is 828 g/mol. The van der Waals surface area contributed by atoms with Gasteiger partial charge in [-0.2, -0.15) is 5.10 Å². The number of halogens is 1. The smallest absolute Gasteiger partial charge is 0.410 e. The van der Waals surface area contributed by atoms with Crippen molar-refractivity contribution in [1.82, 2.24) is 24.2 Å². The van der Waals surface area contributed by atoms with Crippen molar-refractivity contribution in [1.29, 1.82) is 0 Å². The number of hydrogen-bond acceptors (Lipinski definition) is 7. The summed E-state index contributed by atoms with van der Waals surface area (Å²) in [6, 6.07) is 19.5. The Labute approximate surface area is 345 Å². The van der Waals surface area contributed by atoms with Gasteiger partial charge in [-0.1, -0.05) is 82.6 Å². The van der Waals surface area contributed by atoms with Gasteiger partial charge in [-0.25, -0.2) is 18.9 Å². The molecule has 3 heterocycles. The predicted molar refractivity (Wildman–Crippen MR) is 235 cm³/mol. The van der Waals surface area contributed by atoms with E-state index in [1.54, 1.807) is 11.0 Å². The predicted octanol–water partition coefficient (Wildman–Crippen LogP) is 11.0. The normalized spacial score (nSPS) is 13.4. The molecule has 0 saturated heterocycles. The van der Waals surface area contributed by atoms with E-state index in [1.165, 1.54) is 0 Å². The number of rotatable bonds is 16. The Morgan fingerprint density at radius 2 is 1.57 bits per heavy atom. The Kier molecular flexibility index (Phi) is 13.1. The van der Waals surface area contributed by atoms with Crippen molar-refractivity contribution in [2.45, 2.75) is 131 Å². The lowest BCUT2D eigenvalue weighted by Gasteiger charge is -2.24. The highest BCUT2D eigenvalue weighted by atomic mass is 28.3. The maximum Gasteiger partial charge on any atom is 0.410 e. The van der Waals surface area contributed by atoms with Crippen LogP contribution in [0.1, 0.15) is 55.8 Å². The monoisotopic (exact) mass is 827 g/mol. The minimum Gasteiger partial charge on any atom is -0.486 e. The lowest BCUT2D eigenvalue weighted by atomic mass is 9.94. The van der Waals surface area contributed by atoms with Crippen molar-refractivity contribution in [3.63, 3.8) is 0 Å². The maximum absolute atomic E-state index is 15.8. The van der Waals surface area contributed by atoms with E-state index in [4.69, 9.17) is 29.0 Å². The molecule has 0 atom stereocenters. The van der Waals surface area contributed by atoms with Gasteiger partial charge in [-0.3, -0.25) is 4.90 Å². The first-order chi connectivity index (χ1) is 27.3. The molecule has 312 valence electrons. The molecule has 0 bridgehead atoms. The molecule has 6 rings (SSSR count). The number of aromatic nitrogens is 4. The quantitative estimate of drug-likeness (QED) is 0.0722. The van der Waals surface area contributed by atoms with E-state index in [9.17, 15) is 4.79 Å². The summed E-state index contributed by atoms with van der Waals surface area (Å²) >= 11 is 0. The fraction of sp³-hybridized carbons (Fsp3) is 0.489. The van der Waals surface area contributed by atoms with Gasteiger partial charge in [0.2, 0.25) is 0 Å². The molecule has 2 aromatic heterocycles. The number of carbonyl (C=O) groups is 1. The second kappa shape index (κ2) is 17.5. The molecule has 58 heavy (non-hydrogen) atoms. The first kappa shape index (κ1) is 43.3. The van der Waals surface area contributed by atoms with E-state index in [1.807, 2.05) is 61.9 Å². The molecular formula is C45H62FN5O5Si2. The van der Waals surface area contributed by atoms with Crippen LogP contribution in [0.3, 0.4) is 0 Å². The fourth-order valence-electron chi connectivity index (χ4n) is 7.01. The summed E-state index contributed by atoms with van der Waals surface area (Å²) in [4.78, 5) is 20.1. The molecule has 1 aliphatic rings. The zero-order chi connectivity index (χ0) is 42.0. The highest BCUT2D eigenvalue weighted by Crippen LogP contribution is 2.39. The van der Waals surface area contributed by atoms with Crippen LogP contribution >= 0.6 is 0 Å². The second-order valence-corrected chi connectivity index (χ2v) is 30.1. The van der Waals surface area contributed by atoms with Gasteiger partial charge in [-0.15, -0.1) is 0 Å². The first-order valence-electron chi connectivity index (χ1n) is 20.5. The van der Waals surface area contributed by atoms with Crippen molar-refractivity contribution in [2.24, 2.45) is 0 Å². The van der Waals surface area contributed by atoms with Crippen molar-refractivity contribution >= 4 is 33.1 Å². The van der Waals surface area contributed by atoms with Gasteiger partial charge in [0.1, 0.15) is 31.4 Å². The van der Waals surface area contributed by atoms with Crippen LogP contribution in [-0.2, 0) is 53.8 Å². The maximum atomic E-state index is 15.8. The summed E-state index contributed by atoms with van der Waals surface area (Å²) in [5, 5.41) is 6.17. The Morgan fingerprint density at radius 3 is 2.21 bits per heavy atom. The topological polar surface area (TPSA) is 92.9 Å². The molecule has 1 amide bonds. The second-order valence-electron chi connectivity index (χ2n) is 18.9. The lowest BCUT2D eigenvalue weighted by molar-refractivity contribution is 0.0232. The number of aryl methyl sites for hydroxylation is 2. The molecule has 5 aromatic rings. The highest BCUT2D eigenvalue weighted by Gasteiger charge is 2.34. The van der Waals surface area contributed by atoms with Gasteiger partial charge in [0, 0.05) is 34.7 Å². The lowest BCUT2D eigenvalue weighted by Crippen LogP contribution is -2.34. The van der Waals surface area contributed by atoms with Gasteiger partial charge in [0.25, 0.3) is 0 Å². The summed E-state index contributed by atoms with van der Waals surface area (Å²) in [7, 11) is -2.67. The number of hydrogen-bond donors (Lipinski definition) is 0. The number of benzene rings is 3. The minimum atomic E-state index is -1.34. The van der Waals surface area contributed by atoms with Crippen LogP contribution in [0.4, 0.5) is 9.18 Å². The molecule has 0 fully saturated rings. The molecule has 0 aliphatic carbocycles. The Hall–Kier alpha value is -4.31. The molecule has 0 unspecified atom stereocenters. The average Bonchev–Trinajstić information content (AvgIpc) is 3.82. The van der Waals surface area contributed by atoms with E-state index in [2.05, 4.69) is 69.8 Å². The van der Waals surface area contributed by atoms with E-state index in [-0.39, 0.29) is 31.9 Å². The van der Waals surface area contributed by atoms with Crippen molar-refractivity contribution in [3.05, 3.63) is 88.5 Å². The Morgan fingerprint density at radius 1 is 0.897 bits per heavy atom. The van der Waals surface area contributed by atoms with E-state index < -0.39 is 27.6 Å². The number of amides is 1. The summed E-state index contributed by atoms with van der Waals surface area (Å²) in [5.74, 6) is 0.516. The van der Waals surface area contributed by atoms with E-state index in [0.29, 0.717) is 44.2 Å². The SMILES string of the molecule is CCc1cc(OCc2ccccc2)c(F)cc1-c1cc(C)c2c(-c3nc4c(n3COCC[Si](C)(C)C)CN(C(=O)OC(C)(C)C)C4)nn(COCC[Si](C)(C)C)c2c1. The molecule has 3 aromatic carbocycles. The fourth-order valence-corrected chi connectivity index (χ4v) is 8.53. The van der Waals surface area contributed by atoms with Crippen LogP contribution in [0.25, 0.3) is 33.5 Å². The van der Waals surface area contributed by atoms with Gasteiger partial charge in [0.15, 0.2) is 17.4 Å². The van der Waals surface area contributed by atoms with E-state index >= 15 is 4.39 Å². The molecule has 0 N–H and O–H groups in total. The molecule has 10 nitrogen and oxygen atoms in total. The van der Waals surface area contributed by atoms with Crippen LogP contribution in [0, 0.1) is 12.7 Å². The third-order valence-corrected chi connectivity index (χ3v) is 13.7. The van der Waals surface area contributed by atoms with E-state index in [0.717, 1.165) is 62.2 Å². The largest absolute Gasteiger partial charge is 0.486 e. The van der Waals surface area contributed by atoms with Crippen LogP contribution in [0.5, 0.6) is 5.75 Å². The zero-order valence-corrected chi connectivity index (χ0v) is 38.4. The van der Waals surface area contributed by atoms with Crippen LogP contribution < -0.4 is 4.74 Å². The van der Waals surface area contributed by atoms with Crippen LogP contribution in [0.15, 0.2) is 54.6 Å². The third-order valence-electron chi connectivity index (χ3n) is 10.3. The van der Waals surface area contributed by atoms with Crippen molar-refractivity contribution in [2.75, 3.05) is 13.2 Å². The van der Waals surface area contributed by atoms with Gasteiger partial charge in [-0.05, 0) is 92.2 Å². The molecule has 13 heteroatoms.